The Hall–Kier alpha value is -1.58. The van der Waals surface area contributed by atoms with Crippen LogP contribution in [0.3, 0.4) is 0 Å². The maximum Gasteiger partial charge on any atom is 0.117 e. The molecule has 2 aromatic rings. The number of aryl methyl sites for hydroxylation is 1. The van der Waals surface area contributed by atoms with Crippen LogP contribution >= 0.6 is 0 Å². The lowest BCUT2D eigenvalue weighted by molar-refractivity contribution is 0.574. The lowest BCUT2D eigenvalue weighted by Crippen LogP contribution is -2.26. The third kappa shape index (κ3) is 7.15. The predicted molar refractivity (Wildman–Crippen MR) is 118 cm³/mol. The van der Waals surface area contributed by atoms with E-state index in [0.717, 1.165) is 24.1 Å². The summed E-state index contributed by atoms with van der Waals surface area (Å²) in [5.41, 5.74) is 4.66. The molecule has 1 N–H and O–H groups in total. The van der Waals surface area contributed by atoms with Crippen LogP contribution in [-0.4, -0.2) is 28.5 Å². The second-order valence-electron chi connectivity index (χ2n) is 7.94. The van der Waals surface area contributed by atoms with Gasteiger partial charge < -0.3 is 4.90 Å². The first-order valence-electron chi connectivity index (χ1n) is 11.3. The minimum Gasteiger partial charge on any atom is -0.371 e. The van der Waals surface area contributed by atoms with Crippen molar-refractivity contribution in [2.24, 2.45) is 0 Å². The molecule has 2 rings (SSSR count). The van der Waals surface area contributed by atoms with E-state index in [-0.39, 0.29) is 0 Å². The summed E-state index contributed by atoms with van der Waals surface area (Å²) >= 11 is 0. The topological polar surface area (TPSA) is 44.8 Å². The Morgan fingerprint density at radius 3 is 1.93 bits per heavy atom. The number of nitrogens with zero attached hydrogens (tertiary/aromatic N) is 3. The largest absolute Gasteiger partial charge is 0.371 e. The molecule has 0 amide bonds. The second kappa shape index (κ2) is 12.7. The van der Waals surface area contributed by atoms with Gasteiger partial charge in [-0.1, -0.05) is 83.3 Å². The Bertz CT molecular complexity index is 618. The summed E-state index contributed by atoms with van der Waals surface area (Å²) < 4.78 is 0. The number of nitrogens with one attached hydrogen (secondary N) is 1. The van der Waals surface area contributed by atoms with E-state index in [0.29, 0.717) is 0 Å². The summed E-state index contributed by atoms with van der Waals surface area (Å²) in [6.45, 7) is 9.07. The molecule has 1 aromatic heterocycles. The molecule has 4 heteroatoms. The number of hydrogen-bond acceptors (Lipinski definition) is 3. The van der Waals surface area contributed by atoms with Crippen molar-refractivity contribution in [3.05, 3.63) is 17.7 Å². The zero-order valence-corrected chi connectivity index (χ0v) is 17.9. The minimum atomic E-state index is 1.02. The van der Waals surface area contributed by atoms with E-state index >= 15 is 0 Å². The van der Waals surface area contributed by atoms with E-state index in [1.54, 1.807) is 0 Å². The lowest BCUT2D eigenvalue weighted by atomic mass is 10.1. The Morgan fingerprint density at radius 2 is 1.33 bits per heavy atom. The fourth-order valence-electron chi connectivity index (χ4n) is 3.90. The maximum atomic E-state index is 4.29. The lowest BCUT2D eigenvalue weighted by Gasteiger charge is -2.27. The van der Waals surface area contributed by atoms with Crippen molar-refractivity contribution in [3.8, 4) is 0 Å². The van der Waals surface area contributed by atoms with Crippen LogP contribution in [0.4, 0.5) is 5.69 Å². The molecule has 0 radical (unpaired) electrons. The van der Waals surface area contributed by atoms with E-state index < -0.39 is 0 Å². The molecular weight excluding hydrogens is 332 g/mol. The monoisotopic (exact) mass is 372 g/mol. The highest BCUT2D eigenvalue weighted by atomic mass is 15.3. The Morgan fingerprint density at radius 1 is 0.778 bits per heavy atom. The van der Waals surface area contributed by atoms with Gasteiger partial charge in [-0.2, -0.15) is 0 Å². The third-order valence-corrected chi connectivity index (χ3v) is 5.63. The average Bonchev–Trinajstić information content (AvgIpc) is 3.16. The van der Waals surface area contributed by atoms with E-state index in [2.05, 4.69) is 53.2 Å². The van der Waals surface area contributed by atoms with Crippen LogP contribution < -0.4 is 4.90 Å². The summed E-state index contributed by atoms with van der Waals surface area (Å²) in [5, 5.41) is 11.3. The molecule has 0 fully saturated rings. The van der Waals surface area contributed by atoms with Crippen molar-refractivity contribution < 1.29 is 0 Å². The van der Waals surface area contributed by atoms with E-state index in [1.807, 2.05) is 0 Å². The van der Waals surface area contributed by atoms with E-state index in [4.69, 9.17) is 0 Å². The molecule has 0 aliphatic heterocycles. The van der Waals surface area contributed by atoms with E-state index in [9.17, 15) is 0 Å². The fourth-order valence-corrected chi connectivity index (χ4v) is 3.90. The van der Waals surface area contributed by atoms with Crippen molar-refractivity contribution in [1.29, 1.82) is 0 Å². The quantitative estimate of drug-likeness (QED) is 0.350. The molecule has 0 unspecified atom stereocenters. The number of rotatable bonds is 15. The first-order chi connectivity index (χ1) is 13.3. The molecule has 27 heavy (non-hydrogen) atoms. The molecule has 0 atom stereocenters. The Labute approximate surface area is 166 Å². The van der Waals surface area contributed by atoms with Gasteiger partial charge in [0.15, 0.2) is 0 Å². The highest BCUT2D eigenvalue weighted by Gasteiger charge is 2.13. The molecule has 0 saturated heterocycles. The molecule has 0 aliphatic carbocycles. The number of anilines is 1. The first kappa shape index (κ1) is 21.7. The molecular formula is C23H40N4. The van der Waals surface area contributed by atoms with Crippen molar-refractivity contribution in [3.63, 3.8) is 0 Å². The van der Waals surface area contributed by atoms with Crippen molar-refractivity contribution in [1.82, 2.24) is 15.4 Å². The van der Waals surface area contributed by atoms with Crippen LogP contribution in [0.5, 0.6) is 0 Å². The molecule has 1 heterocycles. The molecule has 0 spiro atoms. The number of aromatic amines is 1. The summed E-state index contributed by atoms with van der Waals surface area (Å²) in [6.07, 6.45) is 16.2. The maximum absolute atomic E-state index is 4.29. The summed E-state index contributed by atoms with van der Waals surface area (Å²) in [7, 11) is 0. The van der Waals surface area contributed by atoms with Gasteiger partial charge in [-0.3, -0.25) is 5.10 Å². The van der Waals surface area contributed by atoms with E-state index in [1.165, 1.54) is 88.3 Å². The van der Waals surface area contributed by atoms with Crippen LogP contribution in [0.1, 0.15) is 96.5 Å². The van der Waals surface area contributed by atoms with Crippen LogP contribution in [0.15, 0.2) is 12.1 Å². The number of H-pyrrole nitrogens is 1. The van der Waals surface area contributed by atoms with Gasteiger partial charge in [0.25, 0.3) is 0 Å². The normalized spacial score (nSPS) is 11.4. The second-order valence-corrected chi connectivity index (χ2v) is 7.94. The van der Waals surface area contributed by atoms with Gasteiger partial charge in [0.1, 0.15) is 5.52 Å². The Kier molecular flexibility index (Phi) is 10.3. The third-order valence-electron chi connectivity index (χ3n) is 5.63. The Balaban J connectivity index is 1.92. The molecule has 0 bridgehead atoms. The summed E-state index contributed by atoms with van der Waals surface area (Å²) in [5.74, 6) is 0. The number of benzene rings is 1. The van der Waals surface area contributed by atoms with Crippen molar-refractivity contribution >= 4 is 16.7 Å². The van der Waals surface area contributed by atoms with Crippen LogP contribution in [0.2, 0.25) is 0 Å². The summed E-state index contributed by atoms with van der Waals surface area (Å²) in [6, 6.07) is 4.39. The average molecular weight is 373 g/mol. The number of hydrogen-bond donors (Lipinski definition) is 1. The van der Waals surface area contributed by atoms with Gasteiger partial charge in [-0.05, 0) is 31.9 Å². The van der Waals surface area contributed by atoms with Gasteiger partial charge >= 0.3 is 0 Å². The highest BCUT2D eigenvalue weighted by Crippen LogP contribution is 2.27. The molecule has 0 saturated carbocycles. The number of unbranched alkanes of at least 4 members (excludes halogenated alkanes) is 10. The molecule has 1 aromatic carbocycles. The van der Waals surface area contributed by atoms with Crippen LogP contribution in [0, 0.1) is 6.92 Å². The van der Waals surface area contributed by atoms with Crippen LogP contribution in [-0.2, 0) is 0 Å². The molecule has 152 valence electrons. The summed E-state index contributed by atoms with van der Waals surface area (Å²) in [4.78, 5) is 2.60. The first-order valence-corrected chi connectivity index (χ1v) is 11.3. The van der Waals surface area contributed by atoms with Gasteiger partial charge in [-0.25, -0.2) is 0 Å². The minimum absolute atomic E-state index is 1.02. The van der Waals surface area contributed by atoms with Crippen molar-refractivity contribution in [2.45, 2.75) is 97.8 Å². The molecule has 0 aliphatic rings. The predicted octanol–water partition coefficient (Wildman–Crippen LogP) is 6.79. The van der Waals surface area contributed by atoms with Crippen LogP contribution in [0.25, 0.3) is 11.0 Å². The van der Waals surface area contributed by atoms with Gasteiger partial charge in [0, 0.05) is 24.3 Å². The zero-order valence-electron chi connectivity index (χ0n) is 17.9. The smallest absolute Gasteiger partial charge is 0.117 e. The molecule has 4 nitrogen and oxygen atoms in total. The fraction of sp³-hybridized carbons (Fsp3) is 0.739. The number of fused-ring (bicyclic) bond motifs is 1. The van der Waals surface area contributed by atoms with Gasteiger partial charge in [0.05, 0.1) is 5.52 Å². The number of aromatic nitrogens is 3. The SMILES string of the molecule is CCCCCCCCN(CCCCCCCC)c1ccc2[nH]nnc2c1C. The zero-order chi connectivity index (χ0) is 19.3. The van der Waals surface area contributed by atoms with Gasteiger partial charge in [-0.15, -0.1) is 5.10 Å². The standard InChI is InChI=1S/C23H40N4/c1-4-6-8-10-12-14-18-27(19-15-13-11-9-7-5-2)22-17-16-21-23(20(22)3)25-26-24-21/h16-17H,4-15,18-19H2,1-3H3,(H,24,25,26). The highest BCUT2D eigenvalue weighted by molar-refractivity contribution is 5.83. The van der Waals surface area contributed by atoms with Gasteiger partial charge in [0.2, 0.25) is 0 Å². The van der Waals surface area contributed by atoms with Crippen molar-refractivity contribution in [2.75, 3.05) is 18.0 Å².